The molecule has 0 aliphatic rings. The number of carbonyl (C=O) groups is 1. The van der Waals surface area contributed by atoms with E-state index in [9.17, 15) is 9.18 Å². The summed E-state index contributed by atoms with van der Waals surface area (Å²) in [7, 11) is 1.55. The van der Waals surface area contributed by atoms with E-state index in [4.69, 9.17) is 16.3 Å². The average molecular weight is 426 g/mol. The lowest BCUT2D eigenvalue weighted by atomic mass is 9.98. The molecular formula is C23H21ClFN3O2. The molecule has 2 aromatic carbocycles. The predicted octanol–water partition coefficient (Wildman–Crippen LogP) is 4.91. The Morgan fingerprint density at radius 2 is 1.87 bits per heavy atom. The molecule has 1 heterocycles. The number of hydrogen-bond donors (Lipinski definition) is 0. The number of ether oxygens (including phenoxy) is 1. The van der Waals surface area contributed by atoms with Crippen molar-refractivity contribution in [2.75, 3.05) is 7.11 Å². The number of nitrogens with zero attached hydrogens (tertiary/aromatic N) is 3. The van der Waals surface area contributed by atoms with Gasteiger partial charge in [-0.3, -0.25) is 4.79 Å². The first-order valence-electron chi connectivity index (χ1n) is 9.24. The number of aryl methyl sites for hydroxylation is 2. The van der Waals surface area contributed by atoms with E-state index in [1.165, 1.54) is 5.01 Å². The summed E-state index contributed by atoms with van der Waals surface area (Å²) >= 11 is 5.93. The van der Waals surface area contributed by atoms with Gasteiger partial charge in [0.1, 0.15) is 11.5 Å². The number of benzene rings is 2. The van der Waals surface area contributed by atoms with Gasteiger partial charge in [-0.05, 0) is 61.4 Å². The molecule has 1 aromatic heterocycles. The van der Waals surface area contributed by atoms with Crippen molar-refractivity contribution in [1.29, 1.82) is 0 Å². The van der Waals surface area contributed by atoms with E-state index in [1.807, 2.05) is 19.1 Å². The van der Waals surface area contributed by atoms with Gasteiger partial charge < -0.3 is 4.74 Å². The number of aromatic nitrogens is 1. The van der Waals surface area contributed by atoms with Gasteiger partial charge in [0.2, 0.25) is 12.4 Å². The number of amides is 1. The number of hydrazone groups is 1. The van der Waals surface area contributed by atoms with Gasteiger partial charge in [-0.1, -0.05) is 29.8 Å². The van der Waals surface area contributed by atoms with Gasteiger partial charge in [-0.25, -0.2) is 9.99 Å². The van der Waals surface area contributed by atoms with Gasteiger partial charge in [0, 0.05) is 16.3 Å². The second-order valence-corrected chi connectivity index (χ2v) is 7.19. The van der Waals surface area contributed by atoms with Crippen molar-refractivity contribution in [3.05, 3.63) is 93.5 Å². The molecule has 5 nitrogen and oxygen atoms in total. The summed E-state index contributed by atoms with van der Waals surface area (Å²) in [6, 6.07) is 15.8. The van der Waals surface area contributed by atoms with Crippen LogP contribution >= 0.6 is 11.6 Å². The molecule has 0 radical (unpaired) electrons. The molecule has 0 atom stereocenters. The number of methoxy groups -OCH3 is 1. The third-order valence-corrected chi connectivity index (χ3v) is 4.80. The number of hydrogen-bond acceptors (Lipinski definition) is 4. The minimum Gasteiger partial charge on any atom is -0.497 e. The largest absolute Gasteiger partial charge is 0.497 e. The highest BCUT2D eigenvalue weighted by molar-refractivity contribution is 6.30. The first-order chi connectivity index (χ1) is 14.4. The van der Waals surface area contributed by atoms with Crippen LogP contribution in [0.15, 0.2) is 59.7 Å². The lowest BCUT2D eigenvalue weighted by Crippen LogP contribution is -2.20. The second-order valence-electron chi connectivity index (χ2n) is 6.75. The van der Waals surface area contributed by atoms with Crippen LogP contribution in [0.5, 0.6) is 5.75 Å². The van der Waals surface area contributed by atoms with Crippen molar-refractivity contribution in [2.24, 2.45) is 5.10 Å². The molecule has 3 aromatic rings. The summed E-state index contributed by atoms with van der Waals surface area (Å²) in [6.07, 6.45) is 0.601. The third-order valence-electron chi connectivity index (χ3n) is 4.55. The molecule has 30 heavy (non-hydrogen) atoms. The fourth-order valence-electron chi connectivity index (χ4n) is 2.94. The van der Waals surface area contributed by atoms with Crippen molar-refractivity contribution in [1.82, 2.24) is 9.99 Å². The third kappa shape index (κ3) is 5.02. The molecule has 0 N–H and O–H groups in total. The van der Waals surface area contributed by atoms with Crippen molar-refractivity contribution in [2.45, 2.75) is 20.4 Å². The average Bonchev–Trinajstić information content (AvgIpc) is 2.73. The van der Waals surface area contributed by atoms with E-state index in [-0.39, 0.29) is 17.8 Å². The maximum absolute atomic E-state index is 14.8. The first-order valence-corrected chi connectivity index (χ1v) is 9.62. The molecule has 154 valence electrons. The summed E-state index contributed by atoms with van der Waals surface area (Å²) in [4.78, 5) is 15.7. The molecule has 7 heteroatoms. The van der Waals surface area contributed by atoms with Crippen LogP contribution in [0, 0.1) is 19.8 Å². The Balaban J connectivity index is 2.12. The zero-order valence-electron chi connectivity index (χ0n) is 16.9. The Labute approximate surface area is 179 Å². The zero-order valence-corrected chi connectivity index (χ0v) is 17.7. The maximum atomic E-state index is 14.8. The minimum absolute atomic E-state index is 0.194. The van der Waals surface area contributed by atoms with Gasteiger partial charge in [-0.15, -0.1) is 0 Å². The summed E-state index contributed by atoms with van der Waals surface area (Å²) < 4.78 is 20.1. The Morgan fingerprint density at radius 3 is 2.50 bits per heavy atom. The molecular weight excluding hydrogens is 405 g/mol. The number of pyridine rings is 1. The lowest BCUT2D eigenvalue weighted by Gasteiger charge is -2.17. The monoisotopic (exact) mass is 425 g/mol. The van der Waals surface area contributed by atoms with Crippen LogP contribution in [0.2, 0.25) is 5.02 Å². The quantitative estimate of drug-likeness (QED) is 0.234. The molecule has 0 aliphatic carbocycles. The molecule has 0 bridgehead atoms. The summed E-state index contributed by atoms with van der Waals surface area (Å²) in [5, 5.41) is 6.31. The number of halogens is 2. The van der Waals surface area contributed by atoms with Crippen LogP contribution in [-0.2, 0) is 11.3 Å². The van der Waals surface area contributed by atoms with Gasteiger partial charge >= 0.3 is 0 Å². The Bertz CT molecular complexity index is 1080. The van der Waals surface area contributed by atoms with Crippen molar-refractivity contribution in [3.8, 4) is 5.75 Å². The van der Waals surface area contributed by atoms with E-state index < -0.39 is 5.95 Å². The van der Waals surface area contributed by atoms with E-state index >= 15 is 0 Å². The SMILES string of the molecule is COc1ccc(C)c(/C(=N\N(C=O)Cc2ccc(Cl)cc2)c2ccc(C)nc2F)c1. The van der Waals surface area contributed by atoms with E-state index in [0.29, 0.717) is 28.4 Å². The second kappa shape index (κ2) is 9.50. The molecule has 0 saturated carbocycles. The van der Waals surface area contributed by atoms with Gasteiger partial charge in [-0.2, -0.15) is 9.49 Å². The van der Waals surface area contributed by atoms with Gasteiger partial charge in [0.15, 0.2) is 0 Å². The van der Waals surface area contributed by atoms with Crippen LogP contribution in [0.1, 0.15) is 27.9 Å². The summed E-state index contributed by atoms with van der Waals surface area (Å²) in [6.45, 7) is 3.79. The first kappa shape index (κ1) is 21.5. The molecule has 3 rings (SSSR count). The summed E-state index contributed by atoms with van der Waals surface area (Å²) in [5.74, 6) is -0.0626. The van der Waals surface area contributed by atoms with E-state index in [2.05, 4.69) is 10.1 Å². The Kier molecular flexibility index (Phi) is 6.79. The Morgan fingerprint density at radius 1 is 1.13 bits per heavy atom. The minimum atomic E-state index is -0.659. The topological polar surface area (TPSA) is 54.8 Å². The van der Waals surface area contributed by atoms with E-state index in [0.717, 1.165) is 11.1 Å². The normalized spacial score (nSPS) is 11.3. The van der Waals surface area contributed by atoms with Crippen LogP contribution in [0.25, 0.3) is 0 Å². The van der Waals surface area contributed by atoms with Crippen molar-refractivity contribution in [3.63, 3.8) is 0 Å². The highest BCUT2D eigenvalue weighted by atomic mass is 35.5. The maximum Gasteiger partial charge on any atom is 0.230 e. The van der Waals surface area contributed by atoms with Crippen LogP contribution in [-0.4, -0.2) is 29.2 Å². The molecule has 0 fully saturated rings. The highest BCUT2D eigenvalue weighted by Gasteiger charge is 2.18. The fraction of sp³-hybridized carbons (Fsp3) is 0.174. The van der Waals surface area contributed by atoms with Crippen LogP contribution < -0.4 is 4.74 Å². The smallest absolute Gasteiger partial charge is 0.230 e. The zero-order chi connectivity index (χ0) is 21.7. The molecule has 0 saturated heterocycles. The van der Waals surface area contributed by atoms with Crippen molar-refractivity contribution < 1.29 is 13.9 Å². The standard InChI is InChI=1S/C23H21ClFN3O2/c1-15-4-10-19(30-3)12-21(15)22(20-11-5-16(2)26-23(20)25)27-28(14-29)13-17-6-8-18(24)9-7-17/h4-12,14H,13H2,1-3H3/b27-22-. The van der Waals surface area contributed by atoms with Crippen molar-refractivity contribution >= 4 is 23.7 Å². The van der Waals surface area contributed by atoms with Crippen LogP contribution in [0.4, 0.5) is 4.39 Å². The molecule has 0 unspecified atom stereocenters. The Hall–Kier alpha value is -3.25. The van der Waals surface area contributed by atoms with Gasteiger partial charge in [0.05, 0.1) is 19.2 Å². The number of carbonyl (C=O) groups excluding carboxylic acids is 1. The molecule has 0 spiro atoms. The molecule has 0 aliphatic heterocycles. The predicted molar refractivity (Wildman–Crippen MR) is 115 cm³/mol. The highest BCUT2D eigenvalue weighted by Crippen LogP contribution is 2.23. The molecule has 1 amide bonds. The van der Waals surface area contributed by atoms with Gasteiger partial charge in [0.25, 0.3) is 0 Å². The summed E-state index contributed by atoms with van der Waals surface area (Å²) in [5.41, 5.74) is 3.36. The fourth-order valence-corrected chi connectivity index (χ4v) is 3.07. The van der Waals surface area contributed by atoms with E-state index in [1.54, 1.807) is 56.5 Å². The number of rotatable bonds is 7. The lowest BCUT2D eigenvalue weighted by molar-refractivity contribution is -0.118. The van der Waals surface area contributed by atoms with Crippen LogP contribution in [0.3, 0.4) is 0 Å².